The second kappa shape index (κ2) is 6.69. The Balaban J connectivity index is 2.06. The Labute approximate surface area is 119 Å². The summed E-state index contributed by atoms with van der Waals surface area (Å²) in [5, 5.41) is 0. The fourth-order valence-corrected chi connectivity index (χ4v) is 3.42. The first kappa shape index (κ1) is 14.0. The zero-order chi connectivity index (χ0) is 13.0. The van der Waals surface area contributed by atoms with Gasteiger partial charge in [-0.1, -0.05) is 41.4 Å². The number of hydrogen-bond donors (Lipinski definition) is 1. The summed E-state index contributed by atoms with van der Waals surface area (Å²) in [6, 6.07) is 8.94. The Morgan fingerprint density at radius 3 is 3.00 bits per heavy atom. The van der Waals surface area contributed by atoms with Crippen LogP contribution in [-0.2, 0) is 0 Å². The number of nitrogens with zero attached hydrogens (tertiary/aromatic N) is 1. The average Bonchev–Trinajstić information content (AvgIpc) is 2.79. The highest BCUT2D eigenvalue weighted by atomic mass is 79.9. The lowest BCUT2D eigenvalue weighted by atomic mass is 10.0. The number of rotatable bonds is 5. The highest BCUT2D eigenvalue weighted by molar-refractivity contribution is 9.10. The van der Waals surface area contributed by atoms with Crippen LogP contribution in [0.3, 0.4) is 0 Å². The Bertz CT molecular complexity index is 381. The Morgan fingerprint density at radius 1 is 1.50 bits per heavy atom. The topological polar surface area (TPSA) is 29.3 Å². The molecule has 1 saturated heterocycles. The van der Waals surface area contributed by atoms with E-state index < -0.39 is 0 Å². The first-order valence-electron chi connectivity index (χ1n) is 6.94. The molecular formula is C15H23BrN2. The third-order valence-corrected chi connectivity index (χ3v) is 4.40. The number of likely N-dealkylation sites (tertiary alicyclic amines) is 1. The number of nitrogens with two attached hydrogens (primary N) is 1. The van der Waals surface area contributed by atoms with Crippen molar-refractivity contribution >= 4 is 15.9 Å². The van der Waals surface area contributed by atoms with E-state index in [4.69, 9.17) is 5.73 Å². The van der Waals surface area contributed by atoms with E-state index in [9.17, 15) is 0 Å². The normalized spacial score (nSPS) is 22.3. The highest BCUT2D eigenvalue weighted by Gasteiger charge is 2.27. The Kier molecular flexibility index (Phi) is 5.22. The third-order valence-electron chi connectivity index (χ3n) is 3.91. The lowest BCUT2D eigenvalue weighted by Gasteiger charge is -2.27. The molecular weight excluding hydrogens is 288 g/mol. The van der Waals surface area contributed by atoms with Crippen molar-refractivity contribution in [2.24, 2.45) is 11.7 Å². The molecule has 1 heterocycles. The van der Waals surface area contributed by atoms with Crippen molar-refractivity contribution < 1.29 is 0 Å². The largest absolute Gasteiger partial charge is 0.329 e. The van der Waals surface area contributed by atoms with Crippen LogP contribution in [0.25, 0.3) is 0 Å². The predicted octanol–water partition coefficient (Wildman–Crippen LogP) is 3.57. The lowest BCUT2D eigenvalue weighted by Crippen LogP contribution is -2.32. The van der Waals surface area contributed by atoms with Gasteiger partial charge in [0.2, 0.25) is 0 Å². The molecule has 1 fully saturated rings. The number of halogens is 1. The summed E-state index contributed by atoms with van der Waals surface area (Å²) in [4.78, 5) is 2.56. The summed E-state index contributed by atoms with van der Waals surface area (Å²) >= 11 is 3.55. The van der Waals surface area contributed by atoms with Crippen LogP contribution < -0.4 is 5.73 Å². The molecule has 2 unspecified atom stereocenters. The van der Waals surface area contributed by atoms with Crippen LogP contribution in [0, 0.1) is 5.92 Å². The van der Waals surface area contributed by atoms with Crippen LogP contribution in [0.1, 0.15) is 37.8 Å². The summed E-state index contributed by atoms with van der Waals surface area (Å²) in [5.74, 6) is 0.871. The highest BCUT2D eigenvalue weighted by Crippen LogP contribution is 2.30. The molecule has 0 spiro atoms. The molecule has 1 aliphatic heterocycles. The van der Waals surface area contributed by atoms with E-state index in [2.05, 4.69) is 52.0 Å². The van der Waals surface area contributed by atoms with Gasteiger partial charge in [-0.3, -0.25) is 4.90 Å². The molecule has 0 saturated carbocycles. The average molecular weight is 311 g/mol. The van der Waals surface area contributed by atoms with Gasteiger partial charge in [0.25, 0.3) is 0 Å². The molecule has 3 heteroatoms. The molecule has 0 radical (unpaired) electrons. The maximum Gasteiger partial charge on any atom is 0.0470 e. The van der Waals surface area contributed by atoms with E-state index in [0.717, 1.165) is 10.4 Å². The maximum absolute atomic E-state index is 6.00. The summed E-state index contributed by atoms with van der Waals surface area (Å²) in [5.41, 5.74) is 7.33. The first-order valence-corrected chi connectivity index (χ1v) is 7.73. The first-order chi connectivity index (χ1) is 8.74. The second-order valence-corrected chi connectivity index (χ2v) is 6.16. The van der Waals surface area contributed by atoms with Gasteiger partial charge in [0, 0.05) is 23.6 Å². The molecule has 0 aromatic heterocycles. The van der Waals surface area contributed by atoms with Crippen LogP contribution in [0.2, 0.25) is 0 Å². The molecule has 1 aliphatic rings. The Hall–Kier alpha value is -0.380. The zero-order valence-electron chi connectivity index (χ0n) is 11.1. The fraction of sp³-hybridized carbons (Fsp3) is 0.600. The zero-order valence-corrected chi connectivity index (χ0v) is 12.7. The van der Waals surface area contributed by atoms with Crippen molar-refractivity contribution in [1.29, 1.82) is 0 Å². The van der Waals surface area contributed by atoms with Gasteiger partial charge in [-0.15, -0.1) is 0 Å². The molecule has 18 heavy (non-hydrogen) atoms. The van der Waals surface area contributed by atoms with Gasteiger partial charge in [-0.05, 0) is 43.0 Å². The van der Waals surface area contributed by atoms with Gasteiger partial charge in [0.15, 0.2) is 0 Å². The molecule has 0 amide bonds. The van der Waals surface area contributed by atoms with E-state index >= 15 is 0 Å². The SMILES string of the molecule is CCCC1CCN(C(CN)c2cccc(Br)c2)C1. The molecule has 100 valence electrons. The van der Waals surface area contributed by atoms with Crippen molar-refractivity contribution in [3.8, 4) is 0 Å². The van der Waals surface area contributed by atoms with Gasteiger partial charge in [0.1, 0.15) is 0 Å². The van der Waals surface area contributed by atoms with Gasteiger partial charge < -0.3 is 5.73 Å². The van der Waals surface area contributed by atoms with E-state index in [1.807, 2.05) is 0 Å². The van der Waals surface area contributed by atoms with Gasteiger partial charge in [0.05, 0.1) is 0 Å². The number of benzene rings is 1. The molecule has 2 N–H and O–H groups in total. The van der Waals surface area contributed by atoms with E-state index in [0.29, 0.717) is 12.6 Å². The summed E-state index contributed by atoms with van der Waals surface area (Å²) < 4.78 is 1.14. The maximum atomic E-state index is 6.00. The van der Waals surface area contributed by atoms with Crippen molar-refractivity contribution in [3.63, 3.8) is 0 Å². The molecule has 2 atom stereocenters. The van der Waals surface area contributed by atoms with E-state index in [1.54, 1.807) is 0 Å². The summed E-state index contributed by atoms with van der Waals surface area (Å²) in [6.45, 7) is 5.38. The Morgan fingerprint density at radius 2 is 2.33 bits per heavy atom. The molecule has 1 aromatic carbocycles. The monoisotopic (exact) mass is 310 g/mol. The standard InChI is InChI=1S/C15H23BrN2/c1-2-4-12-7-8-18(11-12)15(10-17)13-5-3-6-14(16)9-13/h3,5-6,9,12,15H,2,4,7-8,10-11,17H2,1H3. The van der Waals surface area contributed by atoms with Crippen LogP contribution in [0.15, 0.2) is 28.7 Å². The smallest absolute Gasteiger partial charge is 0.0470 e. The summed E-state index contributed by atoms with van der Waals surface area (Å²) in [6.07, 6.45) is 3.98. The molecule has 0 aliphatic carbocycles. The lowest BCUT2D eigenvalue weighted by molar-refractivity contribution is 0.239. The van der Waals surface area contributed by atoms with E-state index in [1.165, 1.54) is 37.9 Å². The van der Waals surface area contributed by atoms with Crippen molar-refractivity contribution in [1.82, 2.24) is 4.90 Å². The third kappa shape index (κ3) is 3.34. The molecule has 2 rings (SSSR count). The molecule has 2 nitrogen and oxygen atoms in total. The minimum Gasteiger partial charge on any atom is -0.329 e. The molecule has 0 bridgehead atoms. The van der Waals surface area contributed by atoms with Gasteiger partial charge in [-0.2, -0.15) is 0 Å². The van der Waals surface area contributed by atoms with Crippen LogP contribution in [0.4, 0.5) is 0 Å². The van der Waals surface area contributed by atoms with Crippen LogP contribution >= 0.6 is 15.9 Å². The minimum absolute atomic E-state index is 0.379. The van der Waals surface area contributed by atoms with Gasteiger partial charge >= 0.3 is 0 Å². The van der Waals surface area contributed by atoms with Crippen LogP contribution in [0.5, 0.6) is 0 Å². The van der Waals surface area contributed by atoms with E-state index in [-0.39, 0.29) is 0 Å². The van der Waals surface area contributed by atoms with Crippen molar-refractivity contribution in [2.45, 2.75) is 32.2 Å². The minimum atomic E-state index is 0.379. The summed E-state index contributed by atoms with van der Waals surface area (Å²) in [7, 11) is 0. The predicted molar refractivity (Wildman–Crippen MR) is 80.5 cm³/mol. The van der Waals surface area contributed by atoms with Crippen molar-refractivity contribution in [2.75, 3.05) is 19.6 Å². The van der Waals surface area contributed by atoms with Crippen molar-refractivity contribution in [3.05, 3.63) is 34.3 Å². The number of hydrogen-bond acceptors (Lipinski definition) is 2. The van der Waals surface area contributed by atoms with Crippen LogP contribution in [-0.4, -0.2) is 24.5 Å². The fourth-order valence-electron chi connectivity index (χ4n) is 3.00. The second-order valence-electron chi connectivity index (χ2n) is 5.24. The quantitative estimate of drug-likeness (QED) is 0.901. The van der Waals surface area contributed by atoms with Gasteiger partial charge in [-0.25, -0.2) is 0 Å². The molecule has 1 aromatic rings.